The minimum Gasteiger partial charge on any atom is -0.395 e. The molecule has 1 aromatic heterocycles. The molecule has 0 bridgehead atoms. The van der Waals surface area contributed by atoms with Crippen LogP contribution in [0.25, 0.3) is 0 Å². The zero-order valence-corrected chi connectivity index (χ0v) is 13.3. The highest BCUT2D eigenvalue weighted by molar-refractivity contribution is 9.10. The third kappa shape index (κ3) is 3.38. The lowest BCUT2D eigenvalue weighted by atomic mass is 9.78. The first-order valence-corrected chi connectivity index (χ1v) is 7.85. The highest BCUT2D eigenvalue weighted by atomic mass is 79.9. The summed E-state index contributed by atoms with van der Waals surface area (Å²) in [5.74, 6) is 0. The van der Waals surface area contributed by atoms with Crippen molar-refractivity contribution in [3.05, 3.63) is 55.6 Å². The highest BCUT2D eigenvalue weighted by Crippen LogP contribution is 2.32. The Morgan fingerprint density at radius 3 is 2.26 bits per heavy atom. The van der Waals surface area contributed by atoms with E-state index in [1.165, 1.54) is 0 Å². The topological polar surface area (TPSA) is 40.5 Å². The minimum absolute atomic E-state index is 0.110. The van der Waals surface area contributed by atoms with E-state index < -0.39 is 5.41 Å². The molecule has 5 heteroatoms. The Morgan fingerprint density at radius 2 is 1.79 bits per heavy atom. The Morgan fingerprint density at radius 1 is 1.16 bits per heavy atom. The molecule has 0 amide bonds. The van der Waals surface area contributed by atoms with Crippen molar-refractivity contribution in [2.45, 2.75) is 11.8 Å². The molecule has 102 valence electrons. The molecule has 19 heavy (non-hydrogen) atoms. The van der Waals surface area contributed by atoms with Gasteiger partial charge in [-0.2, -0.15) is 0 Å². The monoisotopic (exact) mass is 360 g/mol. The van der Waals surface area contributed by atoms with Crippen LogP contribution in [0.2, 0.25) is 5.02 Å². The summed E-state index contributed by atoms with van der Waals surface area (Å²) in [5, 5.41) is 22.2. The summed E-state index contributed by atoms with van der Waals surface area (Å²) in [4.78, 5) is 1.12. The molecular formula is C14H14BrClO2S. The van der Waals surface area contributed by atoms with Gasteiger partial charge in [0.2, 0.25) is 0 Å². The number of aliphatic hydroxyl groups is 2. The summed E-state index contributed by atoms with van der Waals surface area (Å²) in [5.41, 5.74) is 0.223. The van der Waals surface area contributed by atoms with E-state index >= 15 is 0 Å². The fourth-order valence-corrected chi connectivity index (χ4v) is 3.75. The summed E-state index contributed by atoms with van der Waals surface area (Å²) >= 11 is 10.9. The molecule has 0 unspecified atom stereocenters. The van der Waals surface area contributed by atoms with Crippen LogP contribution in [0, 0.1) is 0 Å². The summed E-state index contributed by atoms with van der Waals surface area (Å²) in [6.07, 6.45) is 0.595. The van der Waals surface area contributed by atoms with Crippen molar-refractivity contribution in [1.82, 2.24) is 0 Å². The van der Waals surface area contributed by atoms with Gasteiger partial charge in [-0.3, -0.25) is 0 Å². The van der Waals surface area contributed by atoms with E-state index in [4.69, 9.17) is 11.6 Å². The van der Waals surface area contributed by atoms with Gasteiger partial charge in [-0.15, -0.1) is 11.3 Å². The maximum Gasteiger partial charge on any atom is 0.0553 e. The molecule has 2 rings (SSSR count). The molecule has 1 aromatic carbocycles. The molecule has 2 aromatic rings. The average molecular weight is 362 g/mol. The summed E-state index contributed by atoms with van der Waals surface area (Å²) in [7, 11) is 0. The third-order valence-electron chi connectivity index (χ3n) is 3.20. The van der Waals surface area contributed by atoms with Crippen molar-refractivity contribution in [1.29, 1.82) is 0 Å². The van der Waals surface area contributed by atoms with E-state index in [-0.39, 0.29) is 13.2 Å². The summed E-state index contributed by atoms with van der Waals surface area (Å²) in [6.45, 7) is -0.221. The van der Waals surface area contributed by atoms with Crippen molar-refractivity contribution < 1.29 is 10.2 Å². The Kier molecular flexibility index (Phi) is 5.03. The van der Waals surface area contributed by atoms with E-state index in [0.717, 1.165) is 14.9 Å². The normalized spacial score (nSPS) is 11.8. The van der Waals surface area contributed by atoms with Crippen molar-refractivity contribution in [3.8, 4) is 0 Å². The maximum atomic E-state index is 9.77. The lowest BCUT2D eigenvalue weighted by molar-refractivity contribution is 0.117. The van der Waals surface area contributed by atoms with Gasteiger partial charge in [-0.25, -0.2) is 0 Å². The predicted molar refractivity (Wildman–Crippen MR) is 83.0 cm³/mol. The zero-order chi connectivity index (χ0) is 13.9. The number of hydrogen-bond acceptors (Lipinski definition) is 3. The molecule has 0 fully saturated rings. The van der Waals surface area contributed by atoms with Gasteiger partial charge < -0.3 is 10.2 Å². The molecule has 0 aliphatic heterocycles. The number of aliphatic hydroxyl groups excluding tert-OH is 2. The Bertz CT molecular complexity index is 535. The van der Waals surface area contributed by atoms with Crippen LogP contribution < -0.4 is 0 Å². The Hall–Kier alpha value is -0.390. The molecule has 0 radical (unpaired) electrons. The lowest BCUT2D eigenvalue weighted by Crippen LogP contribution is -2.37. The zero-order valence-electron chi connectivity index (χ0n) is 10.1. The SMILES string of the molecule is OCC(CO)(Cc1cc(Br)cs1)c1ccc(Cl)cc1. The van der Waals surface area contributed by atoms with Gasteiger partial charge >= 0.3 is 0 Å². The molecule has 2 nitrogen and oxygen atoms in total. The van der Waals surface area contributed by atoms with E-state index in [1.807, 2.05) is 23.6 Å². The first-order chi connectivity index (χ1) is 9.09. The highest BCUT2D eigenvalue weighted by Gasteiger charge is 2.31. The molecular weight excluding hydrogens is 348 g/mol. The lowest BCUT2D eigenvalue weighted by Gasteiger charge is -2.30. The fourth-order valence-electron chi connectivity index (χ4n) is 2.03. The van der Waals surface area contributed by atoms with E-state index in [9.17, 15) is 10.2 Å². The molecule has 0 saturated heterocycles. The second-order valence-electron chi connectivity index (χ2n) is 4.51. The van der Waals surface area contributed by atoms with Crippen LogP contribution in [-0.4, -0.2) is 23.4 Å². The largest absolute Gasteiger partial charge is 0.395 e. The van der Waals surface area contributed by atoms with Crippen LogP contribution in [0.4, 0.5) is 0 Å². The quantitative estimate of drug-likeness (QED) is 0.854. The van der Waals surface area contributed by atoms with Crippen LogP contribution in [0.15, 0.2) is 40.2 Å². The van der Waals surface area contributed by atoms with Crippen LogP contribution in [0.3, 0.4) is 0 Å². The number of benzene rings is 1. The summed E-state index contributed by atoms with van der Waals surface area (Å²) < 4.78 is 1.02. The first kappa shape index (κ1) is 15.0. The number of halogens is 2. The average Bonchev–Trinajstić information content (AvgIpc) is 2.82. The minimum atomic E-state index is -0.672. The van der Waals surface area contributed by atoms with Crippen LogP contribution in [-0.2, 0) is 11.8 Å². The van der Waals surface area contributed by atoms with Gasteiger partial charge in [-0.05, 0) is 46.1 Å². The maximum absolute atomic E-state index is 9.77. The van der Waals surface area contributed by atoms with Gasteiger partial charge in [0, 0.05) is 25.2 Å². The predicted octanol–water partition coefficient (Wildman–Crippen LogP) is 3.63. The number of thiophene rings is 1. The van der Waals surface area contributed by atoms with Gasteiger partial charge in [-0.1, -0.05) is 23.7 Å². The third-order valence-corrected chi connectivity index (χ3v) is 5.15. The first-order valence-electron chi connectivity index (χ1n) is 5.80. The molecule has 0 atom stereocenters. The Labute approximate surface area is 129 Å². The molecule has 0 aliphatic carbocycles. The van der Waals surface area contributed by atoms with Gasteiger partial charge in [0.05, 0.1) is 13.2 Å². The van der Waals surface area contributed by atoms with Crippen LogP contribution in [0.1, 0.15) is 10.4 Å². The molecule has 2 N–H and O–H groups in total. The number of hydrogen-bond donors (Lipinski definition) is 2. The second kappa shape index (κ2) is 6.37. The van der Waals surface area contributed by atoms with E-state index in [2.05, 4.69) is 15.9 Å². The standard InChI is InChI=1S/C14H14BrClO2S/c15-11-5-13(19-7-11)6-14(8-17,9-18)10-1-3-12(16)4-2-10/h1-5,7,17-18H,6,8-9H2. The smallest absolute Gasteiger partial charge is 0.0553 e. The van der Waals surface area contributed by atoms with Crippen molar-refractivity contribution in [2.75, 3.05) is 13.2 Å². The second-order valence-corrected chi connectivity index (χ2v) is 6.86. The van der Waals surface area contributed by atoms with Gasteiger partial charge in [0.1, 0.15) is 0 Å². The van der Waals surface area contributed by atoms with Crippen molar-refractivity contribution in [2.24, 2.45) is 0 Å². The Balaban J connectivity index is 2.33. The van der Waals surface area contributed by atoms with E-state index in [0.29, 0.717) is 11.4 Å². The molecule has 0 aliphatic rings. The molecule has 1 heterocycles. The van der Waals surface area contributed by atoms with Gasteiger partial charge in [0.25, 0.3) is 0 Å². The van der Waals surface area contributed by atoms with E-state index in [1.54, 1.807) is 23.5 Å². The van der Waals surface area contributed by atoms with Crippen LogP contribution >= 0.6 is 38.9 Å². The fraction of sp³-hybridized carbons (Fsp3) is 0.286. The number of rotatable bonds is 5. The van der Waals surface area contributed by atoms with Crippen molar-refractivity contribution in [3.63, 3.8) is 0 Å². The van der Waals surface area contributed by atoms with Crippen molar-refractivity contribution >= 4 is 38.9 Å². The van der Waals surface area contributed by atoms with Crippen LogP contribution in [0.5, 0.6) is 0 Å². The molecule has 0 spiro atoms. The van der Waals surface area contributed by atoms with Gasteiger partial charge in [0.15, 0.2) is 0 Å². The molecule has 0 saturated carbocycles. The summed E-state index contributed by atoms with van der Waals surface area (Å²) in [6, 6.07) is 9.29.